The molecule has 0 aliphatic heterocycles. The number of ether oxygens (including phenoxy) is 1. The Morgan fingerprint density at radius 1 is 1.04 bits per heavy atom. The first-order chi connectivity index (χ1) is 13.1. The van der Waals surface area contributed by atoms with Crippen LogP contribution < -0.4 is 4.72 Å². The van der Waals surface area contributed by atoms with Crippen LogP contribution in [-0.2, 0) is 26.0 Å². The highest BCUT2D eigenvalue weighted by Crippen LogP contribution is 2.17. The van der Waals surface area contributed by atoms with Crippen LogP contribution in [0, 0.1) is 12.3 Å². The van der Waals surface area contributed by atoms with Gasteiger partial charge in [-0.2, -0.15) is 0 Å². The number of hydrogen-bond donors (Lipinski definition) is 1. The molecule has 1 unspecified atom stereocenters. The zero-order valence-electron chi connectivity index (χ0n) is 16.9. The number of rotatable bonds is 8. The van der Waals surface area contributed by atoms with Gasteiger partial charge in [0, 0.05) is 0 Å². The van der Waals surface area contributed by atoms with E-state index in [1.54, 1.807) is 45.0 Å². The van der Waals surface area contributed by atoms with E-state index in [4.69, 9.17) is 4.74 Å². The van der Waals surface area contributed by atoms with Gasteiger partial charge in [0.1, 0.15) is 6.61 Å². The van der Waals surface area contributed by atoms with Crippen molar-refractivity contribution >= 4 is 16.0 Å². The Bertz CT molecular complexity index is 869. The molecule has 6 heteroatoms. The molecular weight excluding hydrogens is 374 g/mol. The first-order valence-electron chi connectivity index (χ1n) is 9.38. The van der Waals surface area contributed by atoms with Crippen molar-refractivity contribution in [2.75, 3.05) is 6.61 Å². The van der Waals surface area contributed by atoms with Gasteiger partial charge in [-0.3, -0.25) is 4.79 Å². The van der Waals surface area contributed by atoms with Gasteiger partial charge in [0.25, 0.3) is 0 Å². The molecule has 0 saturated carbocycles. The number of carbonyl (C=O) groups excluding carboxylic acids is 1. The van der Waals surface area contributed by atoms with Gasteiger partial charge in [-0.05, 0) is 58.2 Å². The molecular formula is C22H29NO4S. The van der Waals surface area contributed by atoms with Crippen molar-refractivity contribution in [3.63, 3.8) is 0 Å². The molecule has 0 spiro atoms. The van der Waals surface area contributed by atoms with Gasteiger partial charge in [-0.1, -0.05) is 48.0 Å². The second-order valence-corrected chi connectivity index (χ2v) is 9.72. The lowest BCUT2D eigenvalue weighted by molar-refractivity contribution is -0.153. The SMILES string of the molecule is Cc1ccc(S(=O)(=O)NC(CCc2ccccc2)COC(=O)C(C)(C)C)cc1. The van der Waals surface area contributed by atoms with Crippen LogP contribution in [0.1, 0.15) is 38.3 Å². The summed E-state index contributed by atoms with van der Waals surface area (Å²) in [6.45, 7) is 7.20. The van der Waals surface area contributed by atoms with Gasteiger partial charge in [-0.15, -0.1) is 0 Å². The van der Waals surface area contributed by atoms with Gasteiger partial charge < -0.3 is 4.74 Å². The molecule has 0 bridgehead atoms. The number of esters is 1. The number of aryl methyl sites for hydroxylation is 2. The molecule has 5 nitrogen and oxygen atoms in total. The smallest absolute Gasteiger partial charge is 0.311 e. The normalized spacial score (nSPS) is 13.1. The summed E-state index contributed by atoms with van der Waals surface area (Å²) in [6.07, 6.45) is 1.20. The lowest BCUT2D eigenvalue weighted by atomic mass is 9.97. The molecule has 152 valence electrons. The molecule has 0 fully saturated rings. The minimum absolute atomic E-state index is 0.00592. The molecule has 28 heavy (non-hydrogen) atoms. The molecule has 2 rings (SSSR count). The van der Waals surface area contributed by atoms with Crippen LogP contribution in [0.25, 0.3) is 0 Å². The van der Waals surface area contributed by atoms with E-state index in [9.17, 15) is 13.2 Å². The first kappa shape index (κ1) is 22.1. The van der Waals surface area contributed by atoms with Gasteiger partial charge in [0.15, 0.2) is 0 Å². The molecule has 1 N–H and O–H groups in total. The molecule has 0 aliphatic carbocycles. The van der Waals surface area contributed by atoms with Gasteiger partial charge in [0.2, 0.25) is 10.0 Å². The predicted molar refractivity (Wildman–Crippen MR) is 110 cm³/mol. The summed E-state index contributed by atoms with van der Waals surface area (Å²) < 4.78 is 33.6. The Hall–Kier alpha value is -2.18. The van der Waals surface area contributed by atoms with Crippen molar-refractivity contribution in [1.82, 2.24) is 4.72 Å². The minimum Gasteiger partial charge on any atom is -0.464 e. The van der Waals surface area contributed by atoms with Gasteiger partial charge >= 0.3 is 5.97 Å². The summed E-state index contributed by atoms with van der Waals surface area (Å²) in [7, 11) is -3.71. The lowest BCUT2D eigenvalue weighted by Crippen LogP contribution is -2.40. The van der Waals surface area contributed by atoms with Crippen LogP contribution in [-0.4, -0.2) is 27.0 Å². The van der Waals surface area contributed by atoms with Crippen LogP contribution in [0.15, 0.2) is 59.5 Å². The molecule has 2 aromatic carbocycles. The van der Waals surface area contributed by atoms with Crippen LogP contribution in [0.2, 0.25) is 0 Å². The van der Waals surface area contributed by atoms with E-state index in [-0.39, 0.29) is 17.5 Å². The number of benzene rings is 2. The maximum Gasteiger partial charge on any atom is 0.311 e. The summed E-state index contributed by atoms with van der Waals surface area (Å²) in [5.41, 5.74) is 1.45. The predicted octanol–water partition coefficient (Wildman–Crippen LogP) is 3.86. The summed E-state index contributed by atoms with van der Waals surface area (Å²) in [5, 5.41) is 0. The molecule has 0 heterocycles. The van der Waals surface area contributed by atoms with Crippen LogP contribution in [0.4, 0.5) is 0 Å². The summed E-state index contributed by atoms with van der Waals surface area (Å²) in [4.78, 5) is 12.3. The van der Waals surface area contributed by atoms with Crippen molar-refractivity contribution in [3.05, 3.63) is 65.7 Å². The van der Waals surface area contributed by atoms with E-state index in [2.05, 4.69) is 4.72 Å². The molecule has 0 aromatic heterocycles. The van der Waals surface area contributed by atoms with E-state index in [1.165, 1.54) is 0 Å². The number of hydrogen-bond acceptors (Lipinski definition) is 4. The second kappa shape index (κ2) is 9.34. The maximum atomic E-state index is 12.8. The highest BCUT2D eigenvalue weighted by molar-refractivity contribution is 7.89. The highest BCUT2D eigenvalue weighted by Gasteiger charge is 2.26. The van der Waals surface area contributed by atoms with E-state index < -0.39 is 21.5 Å². The van der Waals surface area contributed by atoms with Crippen molar-refractivity contribution in [2.24, 2.45) is 5.41 Å². The fraction of sp³-hybridized carbons (Fsp3) is 0.409. The topological polar surface area (TPSA) is 72.5 Å². The third kappa shape index (κ3) is 6.77. The maximum absolute atomic E-state index is 12.8. The fourth-order valence-corrected chi connectivity index (χ4v) is 3.81. The minimum atomic E-state index is -3.71. The Labute approximate surface area is 168 Å². The van der Waals surface area contributed by atoms with E-state index >= 15 is 0 Å². The van der Waals surface area contributed by atoms with Crippen LogP contribution in [0.5, 0.6) is 0 Å². The molecule has 0 aliphatic rings. The zero-order chi connectivity index (χ0) is 20.8. The van der Waals surface area contributed by atoms with Crippen molar-refractivity contribution in [3.8, 4) is 0 Å². The summed E-state index contributed by atoms with van der Waals surface area (Å²) in [5.74, 6) is -0.355. The van der Waals surface area contributed by atoms with Gasteiger partial charge in [-0.25, -0.2) is 13.1 Å². The van der Waals surface area contributed by atoms with E-state index in [1.807, 2.05) is 37.3 Å². The van der Waals surface area contributed by atoms with Gasteiger partial charge in [0.05, 0.1) is 16.4 Å². The third-order valence-corrected chi connectivity index (χ3v) is 5.84. The van der Waals surface area contributed by atoms with Crippen LogP contribution >= 0.6 is 0 Å². The molecule has 0 saturated heterocycles. The third-order valence-electron chi connectivity index (χ3n) is 4.31. The number of carbonyl (C=O) groups is 1. The Morgan fingerprint density at radius 2 is 1.64 bits per heavy atom. The molecule has 1 atom stereocenters. The highest BCUT2D eigenvalue weighted by atomic mass is 32.2. The fourth-order valence-electron chi connectivity index (χ4n) is 2.56. The standard InChI is InChI=1S/C22H29NO4S/c1-17-10-14-20(15-11-17)28(25,26)23-19(16-27-21(24)22(2,3)4)13-12-18-8-6-5-7-9-18/h5-11,14-15,19,23H,12-13,16H2,1-4H3. The van der Waals surface area contributed by atoms with Crippen molar-refractivity contribution in [2.45, 2.75) is 51.5 Å². The van der Waals surface area contributed by atoms with Crippen molar-refractivity contribution in [1.29, 1.82) is 0 Å². The molecule has 2 aromatic rings. The summed E-state index contributed by atoms with van der Waals surface area (Å²) in [6, 6.07) is 16.0. The number of nitrogens with one attached hydrogen (secondary N) is 1. The van der Waals surface area contributed by atoms with Crippen LogP contribution in [0.3, 0.4) is 0 Å². The quantitative estimate of drug-likeness (QED) is 0.679. The molecule has 0 radical (unpaired) electrons. The molecule has 0 amide bonds. The monoisotopic (exact) mass is 403 g/mol. The Balaban J connectivity index is 2.11. The van der Waals surface area contributed by atoms with E-state index in [0.29, 0.717) is 12.8 Å². The zero-order valence-corrected chi connectivity index (χ0v) is 17.8. The van der Waals surface area contributed by atoms with Crippen molar-refractivity contribution < 1.29 is 17.9 Å². The lowest BCUT2D eigenvalue weighted by Gasteiger charge is -2.22. The Kier molecular flexibility index (Phi) is 7.38. The average molecular weight is 404 g/mol. The second-order valence-electron chi connectivity index (χ2n) is 8.00. The summed E-state index contributed by atoms with van der Waals surface area (Å²) >= 11 is 0. The largest absolute Gasteiger partial charge is 0.464 e. The number of sulfonamides is 1. The van der Waals surface area contributed by atoms with E-state index in [0.717, 1.165) is 11.1 Å². The average Bonchev–Trinajstić information content (AvgIpc) is 2.64. The first-order valence-corrected chi connectivity index (χ1v) is 10.9. The Morgan fingerprint density at radius 3 is 2.21 bits per heavy atom.